The van der Waals surface area contributed by atoms with E-state index in [1.807, 2.05) is 0 Å². The van der Waals surface area contributed by atoms with Gasteiger partial charge in [-0.3, -0.25) is 0 Å². The molecule has 0 bridgehead atoms. The van der Waals surface area contributed by atoms with Crippen LogP contribution >= 0.6 is 0 Å². The van der Waals surface area contributed by atoms with Crippen molar-refractivity contribution >= 4 is 21.5 Å². The van der Waals surface area contributed by atoms with Gasteiger partial charge < -0.3 is 0 Å². The summed E-state index contributed by atoms with van der Waals surface area (Å²) in [5.41, 5.74) is 5.67. The lowest BCUT2D eigenvalue weighted by Gasteiger charge is -2.22. The molecule has 0 saturated heterocycles. The summed E-state index contributed by atoms with van der Waals surface area (Å²) >= 11 is 0. The summed E-state index contributed by atoms with van der Waals surface area (Å²) in [4.78, 5) is 0. The molecule has 4 aromatic rings. The van der Waals surface area contributed by atoms with Crippen LogP contribution in [0.25, 0.3) is 32.7 Å². The molecule has 0 fully saturated rings. The minimum absolute atomic E-state index is 1.04. The Morgan fingerprint density at radius 3 is 2.33 bits per heavy atom. The van der Waals surface area contributed by atoms with E-state index in [2.05, 4.69) is 72.8 Å². The number of hydrogen-bond acceptors (Lipinski definition) is 0. The molecule has 0 heteroatoms. The van der Waals surface area contributed by atoms with E-state index in [9.17, 15) is 0 Å². The topological polar surface area (TPSA) is 0 Å². The number of hydrogen-bond donors (Lipinski definition) is 0. The molecular weight excluding hydrogens is 252 g/mol. The molecule has 4 aromatic carbocycles. The third-order valence-electron chi connectivity index (χ3n) is 4.65. The third-order valence-corrected chi connectivity index (χ3v) is 4.65. The predicted molar refractivity (Wildman–Crippen MR) is 89.7 cm³/mol. The Morgan fingerprint density at radius 2 is 1.33 bits per heavy atom. The van der Waals surface area contributed by atoms with E-state index in [0.29, 0.717) is 0 Å². The van der Waals surface area contributed by atoms with Gasteiger partial charge in [-0.1, -0.05) is 72.8 Å². The van der Waals surface area contributed by atoms with Crippen molar-refractivity contribution in [3.8, 4) is 11.1 Å². The Bertz CT molecular complexity index is 1010. The van der Waals surface area contributed by atoms with Gasteiger partial charge in [-0.25, -0.2) is 0 Å². The molecule has 0 atom stereocenters. The zero-order valence-electron chi connectivity index (χ0n) is 11.6. The maximum atomic E-state index is 2.37. The number of benzene rings is 4. The highest BCUT2D eigenvalue weighted by atomic mass is 14.2. The predicted octanol–water partition coefficient (Wildman–Crippen LogP) is 5.56. The second kappa shape index (κ2) is 3.95. The summed E-state index contributed by atoms with van der Waals surface area (Å²) in [6.45, 7) is 0. The SMILES string of the molecule is c1ccc2c(c1)Cc1cc3ccccc3c3cccc-2c13. The van der Waals surface area contributed by atoms with Crippen molar-refractivity contribution in [2.24, 2.45) is 0 Å². The highest BCUT2D eigenvalue weighted by Crippen LogP contribution is 2.41. The zero-order chi connectivity index (χ0) is 13.8. The molecule has 5 rings (SSSR count). The van der Waals surface area contributed by atoms with Gasteiger partial charge in [-0.05, 0) is 50.2 Å². The van der Waals surface area contributed by atoms with Gasteiger partial charge in [-0.2, -0.15) is 0 Å². The molecule has 0 aliphatic heterocycles. The van der Waals surface area contributed by atoms with Crippen LogP contribution in [0.3, 0.4) is 0 Å². The van der Waals surface area contributed by atoms with Crippen LogP contribution in [0.5, 0.6) is 0 Å². The summed E-state index contributed by atoms with van der Waals surface area (Å²) < 4.78 is 0. The number of fused-ring (bicyclic) bond motifs is 4. The number of rotatable bonds is 0. The smallest absolute Gasteiger partial charge is 0.00130 e. The lowest BCUT2D eigenvalue weighted by molar-refractivity contribution is 1.20. The Kier molecular flexibility index (Phi) is 2.09. The molecule has 1 aliphatic carbocycles. The van der Waals surface area contributed by atoms with Crippen LogP contribution in [0.2, 0.25) is 0 Å². The van der Waals surface area contributed by atoms with Gasteiger partial charge in [0.15, 0.2) is 0 Å². The van der Waals surface area contributed by atoms with Crippen molar-refractivity contribution in [1.82, 2.24) is 0 Å². The monoisotopic (exact) mass is 266 g/mol. The first-order chi connectivity index (χ1) is 10.4. The van der Waals surface area contributed by atoms with E-state index in [-0.39, 0.29) is 0 Å². The van der Waals surface area contributed by atoms with Crippen molar-refractivity contribution in [2.75, 3.05) is 0 Å². The molecule has 0 unspecified atom stereocenters. The van der Waals surface area contributed by atoms with Crippen molar-refractivity contribution in [2.45, 2.75) is 6.42 Å². The second-order valence-corrected chi connectivity index (χ2v) is 5.82. The molecular formula is C21H14. The molecule has 0 nitrogen and oxygen atoms in total. The van der Waals surface area contributed by atoms with Crippen LogP contribution in [0.15, 0.2) is 72.8 Å². The van der Waals surface area contributed by atoms with E-state index in [1.54, 1.807) is 0 Å². The van der Waals surface area contributed by atoms with Crippen LogP contribution in [0, 0.1) is 0 Å². The Hall–Kier alpha value is -2.60. The van der Waals surface area contributed by atoms with Gasteiger partial charge in [0.2, 0.25) is 0 Å². The quantitative estimate of drug-likeness (QED) is 0.322. The fourth-order valence-electron chi connectivity index (χ4n) is 3.76. The summed E-state index contributed by atoms with van der Waals surface area (Å²) in [7, 11) is 0. The largest absolute Gasteiger partial charge is 0.0619 e. The second-order valence-electron chi connectivity index (χ2n) is 5.82. The fourth-order valence-corrected chi connectivity index (χ4v) is 3.76. The Labute approximate surface area is 123 Å². The van der Waals surface area contributed by atoms with E-state index >= 15 is 0 Å². The van der Waals surface area contributed by atoms with Crippen molar-refractivity contribution < 1.29 is 0 Å². The minimum atomic E-state index is 1.04. The molecule has 21 heavy (non-hydrogen) atoms. The lowest BCUT2D eigenvalue weighted by atomic mass is 9.82. The van der Waals surface area contributed by atoms with Gasteiger partial charge in [0, 0.05) is 0 Å². The highest BCUT2D eigenvalue weighted by Gasteiger charge is 2.18. The average Bonchev–Trinajstić information content (AvgIpc) is 2.55. The minimum Gasteiger partial charge on any atom is -0.0619 e. The first-order valence-corrected chi connectivity index (χ1v) is 7.43. The molecule has 0 spiro atoms. The summed E-state index contributed by atoms with van der Waals surface area (Å²) in [6, 6.07) is 26.6. The summed E-state index contributed by atoms with van der Waals surface area (Å²) in [6.07, 6.45) is 1.04. The van der Waals surface area contributed by atoms with Crippen LogP contribution in [-0.2, 0) is 6.42 Å². The normalized spacial score (nSPS) is 12.6. The fraction of sp³-hybridized carbons (Fsp3) is 0.0476. The van der Waals surface area contributed by atoms with Crippen LogP contribution < -0.4 is 0 Å². The van der Waals surface area contributed by atoms with Crippen molar-refractivity contribution in [3.63, 3.8) is 0 Å². The lowest BCUT2D eigenvalue weighted by Crippen LogP contribution is -2.01. The van der Waals surface area contributed by atoms with Gasteiger partial charge >= 0.3 is 0 Å². The van der Waals surface area contributed by atoms with Crippen LogP contribution in [0.1, 0.15) is 11.1 Å². The molecule has 0 saturated carbocycles. The molecule has 98 valence electrons. The summed E-state index contributed by atoms with van der Waals surface area (Å²) in [5, 5.41) is 5.53. The van der Waals surface area contributed by atoms with Crippen LogP contribution in [0.4, 0.5) is 0 Å². The molecule has 0 amide bonds. The Morgan fingerprint density at radius 1 is 0.571 bits per heavy atom. The standard InChI is InChI=1S/C21H14/c1-3-8-17-14(6-1)12-16-13-15-7-2-4-9-18(15)20-11-5-10-19(17)21(16)20/h1-12H,13H2. The first-order valence-electron chi connectivity index (χ1n) is 7.43. The zero-order valence-corrected chi connectivity index (χ0v) is 11.6. The van der Waals surface area contributed by atoms with Gasteiger partial charge in [0.1, 0.15) is 0 Å². The first kappa shape index (κ1) is 11.1. The van der Waals surface area contributed by atoms with E-state index in [0.717, 1.165) is 6.42 Å². The summed E-state index contributed by atoms with van der Waals surface area (Å²) in [5.74, 6) is 0. The van der Waals surface area contributed by atoms with Crippen molar-refractivity contribution in [3.05, 3.63) is 83.9 Å². The van der Waals surface area contributed by atoms with Gasteiger partial charge in [0.05, 0.1) is 0 Å². The van der Waals surface area contributed by atoms with Crippen LogP contribution in [-0.4, -0.2) is 0 Å². The van der Waals surface area contributed by atoms with Gasteiger partial charge in [-0.15, -0.1) is 0 Å². The van der Waals surface area contributed by atoms with Crippen molar-refractivity contribution in [1.29, 1.82) is 0 Å². The average molecular weight is 266 g/mol. The molecule has 0 aromatic heterocycles. The third kappa shape index (κ3) is 1.45. The maximum absolute atomic E-state index is 2.37. The maximum Gasteiger partial charge on any atom is -0.00130 e. The molecule has 0 heterocycles. The van der Waals surface area contributed by atoms with Gasteiger partial charge in [0.25, 0.3) is 0 Å². The van der Waals surface area contributed by atoms with E-state index < -0.39 is 0 Å². The highest BCUT2D eigenvalue weighted by molar-refractivity contribution is 6.14. The van der Waals surface area contributed by atoms with E-state index in [1.165, 1.54) is 43.8 Å². The molecule has 0 radical (unpaired) electrons. The van der Waals surface area contributed by atoms with E-state index in [4.69, 9.17) is 0 Å². The molecule has 1 aliphatic rings. The Balaban J connectivity index is 2.04. The molecule has 0 N–H and O–H groups in total.